The minimum absolute atomic E-state index is 0.123. The average Bonchev–Trinajstić information content (AvgIpc) is 3.52. The molecular weight excluding hydrogens is 426 g/mol. The predicted octanol–water partition coefficient (Wildman–Crippen LogP) is 3.99. The van der Waals surface area contributed by atoms with E-state index in [0.717, 1.165) is 23.3 Å². The zero-order valence-electron chi connectivity index (χ0n) is 17.5. The fourth-order valence-corrected chi connectivity index (χ4v) is 3.92. The summed E-state index contributed by atoms with van der Waals surface area (Å²) >= 11 is 1.60. The van der Waals surface area contributed by atoms with Crippen LogP contribution in [0.3, 0.4) is 0 Å². The molecule has 1 atom stereocenters. The molecule has 8 heteroatoms. The van der Waals surface area contributed by atoms with Gasteiger partial charge >= 0.3 is 5.97 Å². The summed E-state index contributed by atoms with van der Waals surface area (Å²) in [5.74, 6) is -1.25. The zero-order valence-corrected chi connectivity index (χ0v) is 18.3. The number of amides is 2. The molecule has 2 aromatic carbocycles. The van der Waals surface area contributed by atoms with Crippen LogP contribution in [0.1, 0.15) is 34.9 Å². The van der Waals surface area contributed by atoms with Gasteiger partial charge < -0.3 is 21.1 Å². The molecule has 0 saturated heterocycles. The number of hydrogen-bond donors (Lipinski definition) is 3. The van der Waals surface area contributed by atoms with Gasteiger partial charge in [-0.25, -0.2) is 0 Å². The minimum Gasteiger partial charge on any atom is -0.447 e. The fraction of sp³-hybridized carbons (Fsp3) is 0.208. The van der Waals surface area contributed by atoms with E-state index >= 15 is 0 Å². The first-order valence-electron chi connectivity index (χ1n) is 10.2. The molecule has 164 valence electrons. The van der Waals surface area contributed by atoms with Crippen LogP contribution in [0.15, 0.2) is 60.0 Å². The Morgan fingerprint density at radius 1 is 1.09 bits per heavy atom. The largest absolute Gasteiger partial charge is 0.447 e. The highest BCUT2D eigenvalue weighted by Gasteiger charge is 2.35. The van der Waals surface area contributed by atoms with Gasteiger partial charge in [-0.15, -0.1) is 11.3 Å². The van der Waals surface area contributed by atoms with Crippen molar-refractivity contribution >= 4 is 40.5 Å². The van der Waals surface area contributed by atoms with Gasteiger partial charge in [0.25, 0.3) is 11.8 Å². The van der Waals surface area contributed by atoms with E-state index in [1.807, 2.05) is 29.6 Å². The highest BCUT2D eigenvalue weighted by atomic mass is 32.1. The molecule has 7 nitrogen and oxygen atoms in total. The smallest absolute Gasteiger partial charge is 0.310 e. The lowest BCUT2D eigenvalue weighted by Crippen LogP contribution is -2.29. The number of anilines is 2. The number of hydrogen-bond acceptors (Lipinski definition) is 6. The van der Waals surface area contributed by atoms with Crippen LogP contribution < -0.4 is 16.4 Å². The molecule has 1 heterocycles. The second kappa shape index (κ2) is 9.23. The molecule has 0 spiro atoms. The number of ether oxygens (including phenoxy) is 1. The van der Waals surface area contributed by atoms with Crippen LogP contribution in [0.2, 0.25) is 0 Å². The molecule has 3 aromatic rings. The number of rotatable bonds is 7. The lowest BCUT2D eigenvalue weighted by Gasteiger charge is -2.17. The maximum absolute atomic E-state index is 12.8. The van der Waals surface area contributed by atoms with E-state index in [9.17, 15) is 14.4 Å². The monoisotopic (exact) mass is 449 g/mol. The SMILES string of the molecule is CNC(=O)C(OC(=O)C1CC1)c1ccc(C(=O)Nc2cc(-c3cccs3)ccc2N)cc1. The van der Waals surface area contributed by atoms with E-state index in [2.05, 4.69) is 10.6 Å². The van der Waals surface area contributed by atoms with E-state index in [1.165, 1.54) is 7.05 Å². The van der Waals surface area contributed by atoms with Gasteiger partial charge in [0.05, 0.1) is 17.3 Å². The lowest BCUT2D eigenvalue weighted by molar-refractivity contribution is -0.157. The van der Waals surface area contributed by atoms with Crippen molar-refractivity contribution in [2.45, 2.75) is 18.9 Å². The summed E-state index contributed by atoms with van der Waals surface area (Å²) in [6.45, 7) is 0. The van der Waals surface area contributed by atoms with E-state index in [-0.39, 0.29) is 17.8 Å². The Kier molecular flexibility index (Phi) is 6.23. The van der Waals surface area contributed by atoms with Crippen molar-refractivity contribution in [1.29, 1.82) is 0 Å². The number of carbonyl (C=O) groups excluding carboxylic acids is 3. The van der Waals surface area contributed by atoms with Crippen LogP contribution in [-0.2, 0) is 14.3 Å². The molecule has 1 saturated carbocycles. The van der Waals surface area contributed by atoms with Crippen LogP contribution in [0.25, 0.3) is 10.4 Å². The quantitative estimate of drug-likeness (QED) is 0.373. The number of likely N-dealkylation sites (N-methyl/N-ethyl adjacent to an activating group) is 1. The first-order valence-corrected chi connectivity index (χ1v) is 11.1. The third-order valence-electron chi connectivity index (χ3n) is 5.21. The Hall–Kier alpha value is -3.65. The third kappa shape index (κ3) is 4.81. The average molecular weight is 450 g/mol. The minimum atomic E-state index is -1.05. The number of thiophene rings is 1. The zero-order chi connectivity index (χ0) is 22.7. The maximum Gasteiger partial charge on any atom is 0.310 e. The summed E-state index contributed by atoms with van der Waals surface area (Å²) < 4.78 is 5.41. The molecule has 1 unspecified atom stereocenters. The van der Waals surface area contributed by atoms with Gasteiger partial charge in [0.15, 0.2) is 0 Å². The Balaban J connectivity index is 1.49. The van der Waals surface area contributed by atoms with Crippen LogP contribution in [-0.4, -0.2) is 24.8 Å². The summed E-state index contributed by atoms with van der Waals surface area (Å²) in [6, 6.07) is 15.9. The van der Waals surface area contributed by atoms with Crippen molar-refractivity contribution in [1.82, 2.24) is 5.32 Å². The van der Waals surface area contributed by atoms with E-state index < -0.39 is 12.0 Å². The summed E-state index contributed by atoms with van der Waals surface area (Å²) in [4.78, 5) is 38.1. The Bertz CT molecular complexity index is 1140. The number of nitrogen functional groups attached to an aromatic ring is 1. The molecule has 1 aliphatic carbocycles. The van der Waals surface area contributed by atoms with Crippen LogP contribution in [0.5, 0.6) is 0 Å². The molecule has 1 fully saturated rings. The standard InChI is InChI=1S/C24H23N3O4S/c1-26-23(29)21(31-24(30)16-8-9-16)14-4-6-15(7-5-14)22(28)27-19-13-17(10-11-18(19)25)20-3-2-12-32-20/h2-7,10-13,16,21H,8-9,25H2,1H3,(H,26,29)(H,27,28). The molecule has 4 N–H and O–H groups in total. The molecule has 4 rings (SSSR count). The first kappa shape index (κ1) is 21.6. The topological polar surface area (TPSA) is 111 Å². The van der Waals surface area contributed by atoms with Crippen molar-refractivity contribution < 1.29 is 19.1 Å². The van der Waals surface area contributed by atoms with Gasteiger partial charge in [0, 0.05) is 23.1 Å². The number of benzene rings is 2. The van der Waals surface area contributed by atoms with Gasteiger partial charge in [-0.2, -0.15) is 0 Å². The summed E-state index contributed by atoms with van der Waals surface area (Å²) in [6.07, 6.45) is 0.521. The van der Waals surface area contributed by atoms with Gasteiger partial charge in [-0.05, 0) is 54.1 Å². The van der Waals surface area contributed by atoms with Gasteiger partial charge in [0.1, 0.15) is 0 Å². The molecule has 32 heavy (non-hydrogen) atoms. The number of nitrogens with two attached hydrogens (primary N) is 1. The highest BCUT2D eigenvalue weighted by molar-refractivity contribution is 7.13. The van der Waals surface area contributed by atoms with Gasteiger partial charge in [-0.3, -0.25) is 14.4 Å². The van der Waals surface area contributed by atoms with Crippen molar-refractivity contribution in [3.8, 4) is 10.4 Å². The third-order valence-corrected chi connectivity index (χ3v) is 6.13. The summed E-state index contributed by atoms with van der Waals surface area (Å²) in [5, 5.41) is 7.34. The number of nitrogens with one attached hydrogen (secondary N) is 2. The van der Waals surface area contributed by atoms with Gasteiger partial charge in [0.2, 0.25) is 6.10 Å². The maximum atomic E-state index is 12.8. The van der Waals surface area contributed by atoms with E-state index in [1.54, 1.807) is 41.7 Å². The summed E-state index contributed by atoms with van der Waals surface area (Å²) in [5.41, 5.74) is 8.88. The molecule has 0 radical (unpaired) electrons. The highest BCUT2D eigenvalue weighted by Crippen LogP contribution is 2.33. The molecule has 1 aliphatic rings. The number of carbonyl (C=O) groups is 3. The van der Waals surface area contributed by atoms with Crippen molar-refractivity contribution in [2.24, 2.45) is 5.92 Å². The van der Waals surface area contributed by atoms with E-state index in [0.29, 0.717) is 22.5 Å². The first-order chi connectivity index (χ1) is 15.5. The number of esters is 1. The second-order valence-corrected chi connectivity index (χ2v) is 8.51. The Morgan fingerprint density at radius 3 is 2.47 bits per heavy atom. The van der Waals surface area contributed by atoms with Crippen LogP contribution in [0.4, 0.5) is 11.4 Å². The van der Waals surface area contributed by atoms with Crippen LogP contribution >= 0.6 is 11.3 Å². The fourth-order valence-electron chi connectivity index (χ4n) is 3.20. The predicted molar refractivity (Wildman–Crippen MR) is 124 cm³/mol. The van der Waals surface area contributed by atoms with E-state index in [4.69, 9.17) is 10.5 Å². The lowest BCUT2D eigenvalue weighted by atomic mass is 10.1. The summed E-state index contributed by atoms with van der Waals surface area (Å²) in [7, 11) is 1.48. The van der Waals surface area contributed by atoms with Gasteiger partial charge in [-0.1, -0.05) is 24.3 Å². The van der Waals surface area contributed by atoms with Crippen LogP contribution in [0, 0.1) is 5.92 Å². The Morgan fingerprint density at radius 2 is 1.84 bits per heavy atom. The second-order valence-electron chi connectivity index (χ2n) is 7.56. The van der Waals surface area contributed by atoms with Crippen molar-refractivity contribution in [3.05, 3.63) is 71.1 Å². The normalized spacial score (nSPS) is 13.8. The molecule has 0 bridgehead atoms. The molecule has 1 aromatic heterocycles. The van der Waals surface area contributed by atoms with Crippen molar-refractivity contribution in [2.75, 3.05) is 18.1 Å². The van der Waals surface area contributed by atoms with Crippen molar-refractivity contribution in [3.63, 3.8) is 0 Å². The molecule has 0 aliphatic heterocycles. The molecule has 2 amide bonds. The molecular formula is C24H23N3O4S. The Labute approximate surface area is 189 Å².